The van der Waals surface area contributed by atoms with Crippen molar-refractivity contribution < 1.29 is 23.5 Å². The van der Waals surface area contributed by atoms with Crippen LogP contribution in [0.3, 0.4) is 0 Å². The normalized spacial score (nSPS) is 20.5. The maximum Gasteiger partial charge on any atom is 0.360 e. The number of hydrogen-bond donors (Lipinski definition) is 0. The van der Waals surface area contributed by atoms with Gasteiger partial charge >= 0.3 is 5.97 Å². The van der Waals surface area contributed by atoms with Crippen LogP contribution in [0.25, 0.3) is 0 Å². The number of ether oxygens (including phenoxy) is 1. The predicted molar refractivity (Wildman–Crippen MR) is 129 cm³/mol. The number of ketones is 1. The van der Waals surface area contributed by atoms with E-state index in [1.807, 2.05) is 11.0 Å². The van der Waals surface area contributed by atoms with Crippen molar-refractivity contribution in [2.24, 2.45) is 5.92 Å². The lowest BCUT2D eigenvalue weighted by atomic mass is 9.93. The van der Waals surface area contributed by atoms with Crippen LogP contribution in [0, 0.1) is 11.7 Å². The molecule has 0 amide bonds. The fourth-order valence-corrected chi connectivity index (χ4v) is 5.30. The summed E-state index contributed by atoms with van der Waals surface area (Å²) in [5.74, 6) is -0.881. The van der Waals surface area contributed by atoms with Crippen molar-refractivity contribution in [2.75, 3.05) is 19.7 Å². The van der Waals surface area contributed by atoms with E-state index in [2.05, 4.69) is 10.3 Å². The summed E-state index contributed by atoms with van der Waals surface area (Å²) in [5.41, 5.74) is 1.49. The first-order valence-electron chi connectivity index (χ1n) is 11.8. The summed E-state index contributed by atoms with van der Waals surface area (Å²) in [6.45, 7) is 4.86. The average molecular weight is 501 g/mol. The van der Waals surface area contributed by atoms with Gasteiger partial charge in [-0.05, 0) is 37.8 Å². The van der Waals surface area contributed by atoms with E-state index in [1.165, 1.54) is 35.6 Å². The number of Topliss-reactive ketones (excluding diaryl/α,β-unsaturated/α-hetero) is 1. The molecule has 0 N–H and O–H groups in total. The van der Waals surface area contributed by atoms with Crippen LogP contribution in [0.15, 0.2) is 42.1 Å². The highest BCUT2D eigenvalue weighted by Gasteiger charge is 2.41. The second-order valence-corrected chi connectivity index (χ2v) is 10.2. The van der Waals surface area contributed by atoms with Gasteiger partial charge in [-0.2, -0.15) is 0 Å². The summed E-state index contributed by atoms with van der Waals surface area (Å²) in [6, 6.07) is 5.81. The van der Waals surface area contributed by atoms with E-state index in [1.54, 1.807) is 25.1 Å². The molecule has 2 unspecified atom stereocenters. The van der Waals surface area contributed by atoms with Crippen LogP contribution in [0.5, 0.6) is 0 Å². The van der Waals surface area contributed by atoms with Crippen molar-refractivity contribution in [1.29, 1.82) is 0 Å². The van der Waals surface area contributed by atoms with Crippen LogP contribution in [0.4, 0.5) is 4.39 Å². The van der Waals surface area contributed by atoms with Gasteiger partial charge < -0.3 is 4.74 Å². The van der Waals surface area contributed by atoms with Gasteiger partial charge in [0, 0.05) is 36.7 Å². The van der Waals surface area contributed by atoms with Crippen LogP contribution in [-0.4, -0.2) is 61.7 Å². The average Bonchev–Trinajstić information content (AvgIpc) is 3.57. The SMILES string of the molecule is CCOC(=O)c1cn(CC=C2CN(C(C(=O)C3CC3)c3ccccc3F)CCC2SC(C)=O)nn1. The van der Waals surface area contributed by atoms with Gasteiger partial charge in [0.25, 0.3) is 0 Å². The zero-order chi connectivity index (χ0) is 24.9. The number of nitrogens with zero attached hydrogens (tertiary/aromatic N) is 4. The maximum atomic E-state index is 14.8. The minimum absolute atomic E-state index is 0.0133. The quantitative estimate of drug-likeness (QED) is 0.381. The van der Waals surface area contributed by atoms with Crippen LogP contribution in [-0.2, 0) is 20.9 Å². The highest BCUT2D eigenvalue weighted by atomic mass is 32.2. The van der Waals surface area contributed by atoms with Gasteiger partial charge in [0.2, 0.25) is 0 Å². The Hall–Kier alpha value is -2.85. The molecule has 35 heavy (non-hydrogen) atoms. The molecule has 0 bridgehead atoms. The molecule has 4 rings (SSSR count). The largest absolute Gasteiger partial charge is 0.461 e. The van der Waals surface area contributed by atoms with Crippen molar-refractivity contribution in [3.63, 3.8) is 0 Å². The molecule has 1 aliphatic carbocycles. The van der Waals surface area contributed by atoms with Crippen LogP contribution in [0.2, 0.25) is 0 Å². The fraction of sp³-hybridized carbons (Fsp3) is 0.480. The Morgan fingerprint density at radius 2 is 2.03 bits per heavy atom. The Morgan fingerprint density at radius 1 is 1.26 bits per heavy atom. The third kappa shape index (κ3) is 6.24. The number of esters is 1. The first kappa shape index (κ1) is 25.2. The van der Waals surface area contributed by atoms with Gasteiger partial charge in [-0.15, -0.1) is 5.10 Å². The van der Waals surface area contributed by atoms with Crippen molar-refractivity contribution >= 4 is 28.6 Å². The Bertz CT molecular complexity index is 1130. The molecule has 10 heteroatoms. The van der Waals surface area contributed by atoms with Gasteiger partial charge in [-0.25, -0.2) is 13.9 Å². The Balaban J connectivity index is 1.57. The topological polar surface area (TPSA) is 94.4 Å². The van der Waals surface area contributed by atoms with Gasteiger partial charge in [-0.1, -0.05) is 41.3 Å². The fourth-order valence-electron chi connectivity index (χ4n) is 4.35. The number of aromatic nitrogens is 3. The first-order chi connectivity index (χ1) is 16.9. The molecular formula is C25H29FN4O4S. The van der Waals surface area contributed by atoms with E-state index < -0.39 is 12.0 Å². The smallest absolute Gasteiger partial charge is 0.360 e. The summed E-state index contributed by atoms with van der Waals surface area (Å²) < 4.78 is 21.3. The van der Waals surface area contributed by atoms with Gasteiger partial charge in [0.15, 0.2) is 16.6 Å². The first-order valence-corrected chi connectivity index (χ1v) is 12.7. The molecule has 1 aliphatic heterocycles. The third-order valence-electron chi connectivity index (χ3n) is 6.16. The van der Waals surface area contributed by atoms with E-state index in [4.69, 9.17) is 4.74 Å². The summed E-state index contributed by atoms with van der Waals surface area (Å²) in [4.78, 5) is 39.1. The van der Waals surface area contributed by atoms with E-state index >= 15 is 0 Å². The van der Waals surface area contributed by atoms with Crippen molar-refractivity contribution in [3.05, 3.63) is 59.2 Å². The lowest BCUT2D eigenvalue weighted by molar-refractivity contribution is -0.126. The minimum Gasteiger partial charge on any atom is -0.461 e. The Labute approximate surface area is 207 Å². The highest BCUT2D eigenvalue weighted by Crippen LogP contribution is 2.40. The molecule has 1 aromatic carbocycles. The number of rotatable bonds is 9. The molecule has 2 aromatic rings. The Kier molecular flexibility index (Phi) is 8.12. The summed E-state index contributed by atoms with van der Waals surface area (Å²) >= 11 is 1.26. The molecule has 2 fully saturated rings. The van der Waals surface area contributed by atoms with Gasteiger partial charge in [0.05, 0.1) is 25.4 Å². The number of thioether (sulfide) groups is 1. The number of benzene rings is 1. The number of halogens is 1. The number of carbonyl (C=O) groups is 3. The molecule has 2 aliphatic rings. The monoisotopic (exact) mass is 500 g/mol. The van der Waals surface area contributed by atoms with Crippen molar-refractivity contribution in [1.82, 2.24) is 19.9 Å². The lowest BCUT2D eigenvalue weighted by Crippen LogP contribution is -2.43. The number of likely N-dealkylation sites (tertiary alicyclic amines) is 1. The molecule has 0 spiro atoms. The second-order valence-electron chi connectivity index (χ2n) is 8.78. The number of hydrogen-bond acceptors (Lipinski definition) is 8. The second kappa shape index (κ2) is 11.3. The summed E-state index contributed by atoms with van der Waals surface area (Å²) in [6.07, 6.45) is 5.82. The Morgan fingerprint density at radius 3 is 2.71 bits per heavy atom. The maximum absolute atomic E-state index is 14.8. The zero-order valence-electron chi connectivity index (χ0n) is 19.9. The predicted octanol–water partition coefficient (Wildman–Crippen LogP) is 3.59. The molecule has 1 aromatic heterocycles. The molecule has 0 radical (unpaired) electrons. The molecular weight excluding hydrogens is 471 g/mol. The lowest BCUT2D eigenvalue weighted by Gasteiger charge is -2.38. The molecule has 2 atom stereocenters. The van der Waals surface area contributed by atoms with Gasteiger partial charge in [-0.3, -0.25) is 14.5 Å². The van der Waals surface area contributed by atoms with Crippen molar-refractivity contribution in [3.8, 4) is 0 Å². The van der Waals surface area contributed by atoms with E-state index in [0.717, 1.165) is 18.4 Å². The van der Waals surface area contributed by atoms with Crippen LogP contribution >= 0.6 is 11.8 Å². The zero-order valence-corrected chi connectivity index (χ0v) is 20.7. The van der Waals surface area contributed by atoms with E-state index in [-0.39, 0.29) is 40.2 Å². The molecule has 186 valence electrons. The third-order valence-corrected chi connectivity index (χ3v) is 7.32. The standard InChI is InChI=1S/C25H29FN4O4S/c1-3-34-25(33)21-15-30(28-27-21)13-10-18-14-29(12-11-22(18)35-16(2)31)23(24(32)17-8-9-17)19-6-4-5-7-20(19)26/h4-7,10,15,17,22-23H,3,8-9,11-14H2,1-2H3. The number of allylic oxidation sites excluding steroid dienone is 1. The molecule has 1 saturated heterocycles. The van der Waals surface area contributed by atoms with Crippen LogP contribution in [0.1, 0.15) is 55.2 Å². The molecule has 8 nitrogen and oxygen atoms in total. The van der Waals surface area contributed by atoms with Gasteiger partial charge in [0.1, 0.15) is 5.82 Å². The summed E-state index contributed by atoms with van der Waals surface area (Å²) in [5, 5.41) is 7.82. The van der Waals surface area contributed by atoms with Crippen LogP contribution < -0.4 is 0 Å². The van der Waals surface area contributed by atoms with Crippen molar-refractivity contribution in [2.45, 2.75) is 50.9 Å². The highest BCUT2D eigenvalue weighted by molar-refractivity contribution is 8.14. The number of carbonyl (C=O) groups excluding carboxylic acids is 3. The van der Waals surface area contributed by atoms with E-state index in [9.17, 15) is 18.8 Å². The number of piperidine rings is 1. The van der Waals surface area contributed by atoms with E-state index in [0.29, 0.717) is 31.6 Å². The molecule has 1 saturated carbocycles. The molecule has 2 heterocycles. The minimum atomic E-state index is -0.655. The summed E-state index contributed by atoms with van der Waals surface area (Å²) in [7, 11) is 0.